The molecule has 1 aliphatic rings. The van der Waals surface area contributed by atoms with E-state index in [2.05, 4.69) is 4.98 Å². The third kappa shape index (κ3) is 1.81. The summed E-state index contributed by atoms with van der Waals surface area (Å²) in [5, 5.41) is 10.1. The van der Waals surface area contributed by atoms with Gasteiger partial charge in [0, 0.05) is 17.7 Å². The summed E-state index contributed by atoms with van der Waals surface area (Å²) in [5.74, 6) is -1.26. The zero-order valence-electron chi connectivity index (χ0n) is 10.3. The number of nitrogens with two attached hydrogens (primary N) is 1. The summed E-state index contributed by atoms with van der Waals surface area (Å²) in [7, 11) is 0. The molecule has 0 aliphatic heterocycles. The van der Waals surface area contributed by atoms with E-state index in [1.165, 1.54) is 6.07 Å². The summed E-state index contributed by atoms with van der Waals surface area (Å²) < 4.78 is 13.8. The van der Waals surface area contributed by atoms with E-state index in [0.29, 0.717) is 24.1 Å². The fourth-order valence-electron chi connectivity index (χ4n) is 3.00. The molecule has 0 fully saturated rings. The van der Waals surface area contributed by atoms with Crippen LogP contribution < -0.4 is 5.73 Å². The van der Waals surface area contributed by atoms with Gasteiger partial charge in [-0.3, -0.25) is 4.79 Å². The standard InChI is InChI=1S/C14H15FN2O2/c15-11-3-1-2-8-9-4-7(6-18)5-10(14(16)19)12(9)17-13(8)11/h1-3,7,10,17-18H,4-6H2,(H2,16,19). The van der Waals surface area contributed by atoms with E-state index in [-0.39, 0.29) is 18.3 Å². The molecule has 1 aromatic heterocycles. The minimum atomic E-state index is -0.479. The molecule has 1 aliphatic carbocycles. The van der Waals surface area contributed by atoms with Crippen molar-refractivity contribution in [3.63, 3.8) is 0 Å². The van der Waals surface area contributed by atoms with Crippen LogP contribution >= 0.6 is 0 Å². The Labute approximate surface area is 109 Å². The maximum absolute atomic E-state index is 13.8. The molecule has 3 rings (SSSR count). The summed E-state index contributed by atoms with van der Waals surface area (Å²) in [4.78, 5) is 14.6. The fraction of sp³-hybridized carbons (Fsp3) is 0.357. The quantitative estimate of drug-likeness (QED) is 0.765. The number of benzene rings is 1. The highest BCUT2D eigenvalue weighted by Crippen LogP contribution is 2.38. The van der Waals surface area contributed by atoms with E-state index in [1.807, 2.05) is 6.07 Å². The van der Waals surface area contributed by atoms with Crippen LogP contribution in [0.2, 0.25) is 0 Å². The Morgan fingerprint density at radius 2 is 2.32 bits per heavy atom. The van der Waals surface area contributed by atoms with Crippen molar-refractivity contribution >= 4 is 16.8 Å². The number of aliphatic hydroxyl groups excluding tert-OH is 1. The molecule has 4 nitrogen and oxygen atoms in total. The van der Waals surface area contributed by atoms with E-state index in [0.717, 1.165) is 10.9 Å². The number of nitrogens with one attached hydrogen (secondary N) is 1. The highest BCUT2D eigenvalue weighted by atomic mass is 19.1. The zero-order valence-corrected chi connectivity index (χ0v) is 10.3. The van der Waals surface area contributed by atoms with Gasteiger partial charge in [0.05, 0.1) is 11.4 Å². The Morgan fingerprint density at radius 1 is 1.53 bits per heavy atom. The first-order chi connectivity index (χ1) is 9.11. The minimum Gasteiger partial charge on any atom is -0.396 e. The van der Waals surface area contributed by atoms with Crippen molar-refractivity contribution in [2.45, 2.75) is 18.8 Å². The second-order valence-corrected chi connectivity index (χ2v) is 5.12. The van der Waals surface area contributed by atoms with Crippen molar-refractivity contribution < 1.29 is 14.3 Å². The largest absolute Gasteiger partial charge is 0.396 e. The molecule has 4 N–H and O–H groups in total. The lowest BCUT2D eigenvalue weighted by atomic mass is 9.79. The lowest BCUT2D eigenvalue weighted by molar-refractivity contribution is -0.120. The average Bonchev–Trinajstić information content (AvgIpc) is 2.77. The number of carbonyl (C=O) groups excluding carboxylic acids is 1. The van der Waals surface area contributed by atoms with Gasteiger partial charge < -0.3 is 15.8 Å². The number of para-hydroxylation sites is 1. The summed E-state index contributed by atoms with van der Waals surface area (Å²) in [5.41, 5.74) is 7.45. The average molecular weight is 262 g/mol. The molecule has 1 amide bonds. The number of primary amides is 1. The molecular weight excluding hydrogens is 247 g/mol. The van der Waals surface area contributed by atoms with Gasteiger partial charge in [0.15, 0.2) is 0 Å². The van der Waals surface area contributed by atoms with Crippen molar-refractivity contribution in [2.75, 3.05) is 6.61 Å². The van der Waals surface area contributed by atoms with Gasteiger partial charge in [-0.1, -0.05) is 12.1 Å². The Kier molecular flexibility index (Phi) is 2.78. The zero-order chi connectivity index (χ0) is 13.6. The van der Waals surface area contributed by atoms with Crippen LogP contribution in [-0.2, 0) is 11.2 Å². The van der Waals surface area contributed by atoms with E-state index >= 15 is 0 Å². The van der Waals surface area contributed by atoms with Crippen molar-refractivity contribution in [3.8, 4) is 0 Å². The predicted molar refractivity (Wildman–Crippen MR) is 69.1 cm³/mol. The first-order valence-electron chi connectivity index (χ1n) is 6.31. The summed E-state index contributed by atoms with van der Waals surface area (Å²) in [6, 6.07) is 4.85. The Hall–Kier alpha value is -1.88. The molecule has 2 aromatic rings. The van der Waals surface area contributed by atoms with Gasteiger partial charge in [0.2, 0.25) is 5.91 Å². The number of halogens is 1. The van der Waals surface area contributed by atoms with Gasteiger partial charge in [-0.05, 0) is 30.4 Å². The van der Waals surface area contributed by atoms with Crippen LogP contribution in [0, 0.1) is 11.7 Å². The van der Waals surface area contributed by atoms with Gasteiger partial charge in [0.25, 0.3) is 0 Å². The Morgan fingerprint density at radius 3 is 3.00 bits per heavy atom. The van der Waals surface area contributed by atoms with Crippen LogP contribution in [0.1, 0.15) is 23.6 Å². The van der Waals surface area contributed by atoms with Gasteiger partial charge in [-0.2, -0.15) is 0 Å². The van der Waals surface area contributed by atoms with E-state index in [9.17, 15) is 14.3 Å². The maximum atomic E-state index is 13.8. The Balaban J connectivity index is 2.23. The van der Waals surface area contributed by atoms with Crippen molar-refractivity contribution in [1.82, 2.24) is 4.98 Å². The van der Waals surface area contributed by atoms with Crippen LogP contribution in [0.15, 0.2) is 18.2 Å². The third-order valence-electron chi connectivity index (χ3n) is 3.94. The lowest BCUT2D eigenvalue weighted by Crippen LogP contribution is -2.30. The molecule has 0 spiro atoms. The topological polar surface area (TPSA) is 79.1 Å². The number of aromatic amines is 1. The van der Waals surface area contributed by atoms with Crippen LogP contribution in [0.5, 0.6) is 0 Å². The first kappa shape index (κ1) is 12.2. The molecule has 100 valence electrons. The van der Waals surface area contributed by atoms with Crippen molar-refractivity contribution in [2.24, 2.45) is 11.7 Å². The molecule has 5 heteroatoms. The molecule has 0 radical (unpaired) electrons. The number of hydrogen-bond acceptors (Lipinski definition) is 2. The molecule has 0 saturated heterocycles. The maximum Gasteiger partial charge on any atom is 0.226 e. The van der Waals surface area contributed by atoms with E-state index < -0.39 is 11.8 Å². The molecule has 19 heavy (non-hydrogen) atoms. The number of H-pyrrole nitrogens is 1. The summed E-state index contributed by atoms with van der Waals surface area (Å²) in [6.07, 6.45) is 1.15. The van der Waals surface area contributed by atoms with Gasteiger partial charge in [0.1, 0.15) is 5.82 Å². The molecule has 1 aromatic carbocycles. The molecular formula is C14H15FN2O2. The van der Waals surface area contributed by atoms with E-state index in [4.69, 9.17) is 5.73 Å². The Bertz CT molecular complexity index is 650. The minimum absolute atomic E-state index is 0.00517. The molecule has 0 saturated carbocycles. The number of fused-ring (bicyclic) bond motifs is 3. The second-order valence-electron chi connectivity index (χ2n) is 5.12. The lowest BCUT2D eigenvalue weighted by Gasteiger charge is -2.26. The van der Waals surface area contributed by atoms with Gasteiger partial charge >= 0.3 is 0 Å². The monoisotopic (exact) mass is 262 g/mol. The van der Waals surface area contributed by atoms with Crippen molar-refractivity contribution in [1.29, 1.82) is 0 Å². The third-order valence-corrected chi connectivity index (χ3v) is 3.94. The van der Waals surface area contributed by atoms with Gasteiger partial charge in [-0.25, -0.2) is 4.39 Å². The van der Waals surface area contributed by atoms with Gasteiger partial charge in [-0.15, -0.1) is 0 Å². The molecule has 2 atom stereocenters. The van der Waals surface area contributed by atoms with E-state index in [1.54, 1.807) is 6.07 Å². The molecule has 0 bridgehead atoms. The molecule has 1 heterocycles. The highest BCUT2D eigenvalue weighted by molar-refractivity contribution is 5.90. The van der Waals surface area contributed by atoms with Crippen LogP contribution in [-0.4, -0.2) is 22.6 Å². The van der Waals surface area contributed by atoms with Crippen LogP contribution in [0.4, 0.5) is 4.39 Å². The predicted octanol–water partition coefficient (Wildman–Crippen LogP) is 1.43. The van der Waals surface area contributed by atoms with Crippen molar-refractivity contribution in [3.05, 3.63) is 35.3 Å². The smallest absolute Gasteiger partial charge is 0.226 e. The second kappa shape index (κ2) is 4.35. The highest BCUT2D eigenvalue weighted by Gasteiger charge is 2.33. The number of rotatable bonds is 2. The number of carbonyl (C=O) groups is 1. The summed E-state index contributed by atoms with van der Waals surface area (Å²) in [6.45, 7) is 0.00517. The first-order valence-corrected chi connectivity index (χ1v) is 6.31. The SMILES string of the molecule is NC(=O)C1CC(CO)Cc2c1[nH]c1c(F)cccc21. The molecule has 2 unspecified atom stereocenters. The summed E-state index contributed by atoms with van der Waals surface area (Å²) >= 11 is 0. The number of aliphatic hydroxyl groups is 1. The number of hydrogen-bond donors (Lipinski definition) is 3. The van der Waals surface area contributed by atoms with Crippen LogP contribution in [0.25, 0.3) is 10.9 Å². The number of amides is 1. The fourth-order valence-corrected chi connectivity index (χ4v) is 3.00. The number of aromatic nitrogens is 1. The normalized spacial score (nSPS) is 22.4. The van der Waals surface area contributed by atoms with Crippen LogP contribution in [0.3, 0.4) is 0 Å².